The Balaban J connectivity index is 1.39. The van der Waals surface area contributed by atoms with E-state index in [2.05, 4.69) is 5.32 Å². The minimum absolute atomic E-state index is 0.211. The molecule has 0 saturated heterocycles. The number of nitrogens with one attached hydrogen (secondary N) is 1. The van der Waals surface area contributed by atoms with Gasteiger partial charge in [0.15, 0.2) is 5.76 Å². The predicted octanol–water partition coefficient (Wildman–Crippen LogP) is 6.92. The van der Waals surface area contributed by atoms with Gasteiger partial charge in [0.1, 0.15) is 23.9 Å². The molecule has 0 aliphatic carbocycles. The highest BCUT2D eigenvalue weighted by atomic mass is 35.5. The number of rotatable bonds is 8. The molecular weight excluding hydrogens is 446 g/mol. The molecule has 0 bridgehead atoms. The maximum Gasteiger partial charge on any atom is 0.291 e. The number of methoxy groups -OCH3 is 1. The minimum atomic E-state index is -0.329. The standard InChI is InChI=1S/C25H20ClNO4S/c1-29-18-8-10-19(11-9-18)30-16-20-12-15-23(31-20)25(28)27-22-4-2-3-5-24(22)32-21-13-6-17(26)7-14-21/h2-15H,16H2,1H3,(H,27,28). The Bertz CT molecular complexity index is 1190. The van der Waals surface area contributed by atoms with Crippen LogP contribution < -0.4 is 14.8 Å². The molecule has 5 nitrogen and oxygen atoms in total. The number of anilines is 1. The number of carbonyl (C=O) groups is 1. The van der Waals surface area contributed by atoms with Crippen molar-refractivity contribution in [3.05, 3.63) is 101 Å². The Morgan fingerprint density at radius 1 is 0.938 bits per heavy atom. The molecule has 162 valence electrons. The van der Waals surface area contributed by atoms with Crippen LogP contribution in [-0.2, 0) is 6.61 Å². The first-order valence-electron chi connectivity index (χ1n) is 9.80. The third-order valence-electron chi connectivity index (χ3n) is 4.50. The molecule has 0 spiro atoms. The third kappa shape index (κ3) is 5.66. The number of benzene rings is 3. The van der Waals surface area contributed by atoms with Gasteiger partial charge in [-0.2, -0.15) is 0 Å². The molecule has 1 heterocycles. The molecule has 0 fully saturated rings. The van der Waals surface area contributed by atoms with Gasteiger partial charge in [0.2, 0.25) is 0 Å². The maximum atomic E-state index is 12.7. The first kappa shape index (κ1) is 21.9. The molecule has 0 saturated carbocycles. The van der Waals surface area contributed by atoms with Gasteiger partial charge in [0.25, 0.3) is 5.91 Å². The van der Waals surface area contributed by atoms with Crippen LogP contribution in [0.25, 0.3) is 0 Å². The van der Waals surface area contributed by atoms with E-state index >= 15 is 0 Å². The van der Waals surface area contributed by atoms with Gasteiger partial charge in [-0.05, 0) is 72.8 Å². The van der Waals surface area contributed by atoms with Gasteiger partial charge >= 0.3 is 0 Å². The molecule has 1 N–H and O–H groups in total. The Hall–Kier alpha value is -3.35. The molecule has 4 aromatic rings. The molecule has 7 heteroatoms. The van der Waals surface area contributed by atoms with Gasteiger partial charge in [-0.25, -0.2) is 0 Å². The molecule has 0 atom stereocenters. The molecule has 0 unspecified atom stereocenters. The van der Waals surface area contributed by atoms with Crippen LogP contribution in [0.4, 0.5) is 5.69 Å². The number of furan rings is 1. The summed E-state index contributed by atoms with van der Waals surface area (Å²) in [6.07, 6.45) is 0. The molecule has 0 radical (unpaired) electrons. The van der Waals surface area contributed by atoms with Crippen LogP contribution in [0.15, 0.2) is 99.1 Å². The molecule has 4 rings (SSSR count). The number of para-hydroxylation sites is 1. The Morgan fingerprint density at radius 3 is 2.41 bits per heavy atom. The SMILES string of the molecule is COc1ccc(OCc2ccc(C(=O)Nc3ccccc3Sc3ccc(Cl)cc3)o2)cc1. The lowest BCUT2D eigenvalue weighted by Gasteiger charge is -2.10. The van der Waals surface area contributed by atoms with Crippen molar-refractivity contribution in [1.82, 2.24) is 0 Å². The van der Waals surface area contributed by atoms with Crippen molar-refractivity contribution in [3.8, 4) is 11.5 Å². The summed E-state index contributed by atoms with van der Waals surface area (Å²) < 4.78 is 16.5. The lowest BCUT2D eigenvalue weighted by Crippen LogP contribution is -2.11. The van der Waals surface area contributed by atoms with E-state index in [1.165, 1.54) is 0 Å². The summed E-state index contributed by atoms with van der Waals surface area (Å²) in [4.78, 5) is 14.7. The maximum absolute atomic E-state index is 12.7. The largest absolute Gasteiger partial charge is 0.497 e. The average Bonchev–Trinajstić information content (AvgIpc) is 3.30. The van der Waals surface area contributed by atoms with Crippen LogP contribution in [0.5, 0.6) is 11.5 Å². The van der Waals surface area contributed by atoms with Crippen LogP contribution in [-0.4, -0.2) is 13.0 Å². The minimum Gasteiger partial charge on any atom is -0.497 e. The Morgan fingerprint density at radius 2 is 1.66 bits per heavy atom. The van der Waals surface area contributed by atoms with E-state index in [0.29, 0.717) is 22.2 Å². The van der Waals surface area contributed by atoms with E-state index in [0.717, 1.165) is 15.5 Å². The van der Waals surface area contributed by atoms with E-state index in [1.807, 2.05) is 72.8 Å². The first-order valence-corrected chi connectivity index (χ1v) is 11.0. The summed E-state index contributed by atoms with van der Waals surface area (Å²) in [5.41, 5.74) is 0.699. The van der Waals surface area contributed by atoms with Crippen LogP contribution in [0.1, 0.15) is 16.3 Å². The Labute approximate surface area is 195 Å². The van der Waals surface area contributed by atoms with Gasteiger partial charge in [-0.15, -0.1) is 0 Å². The Kier molecular flexibility index (Phi) is 7.04. The summed E-state index contributed by atoms with van der Waals surface area (Å²) in [6.45, 7) is 0.211. The molecule has 0 aliphatic rings. The van der Waals surface area contributed by atoms with Gasteiger partial charge < -0.3 is 19.2 Å². The van der Waals surface area contributed by atoms with Gasteiger partial charge in [0, 0.05) is 14.8 Å². The lowest BCUT2D eigenvalue weighted by molar-refractivity contribution is 0.0992. The average molecular weight is 466 g/mol. The summed E-state index contributed by atoms with van der Waals surface area (Å²) >= 11 is 7.50. The number of halogens is 1. The molecule has 32 heavy (non-hydrogen) atoms. The topological polar surface area (TPSA) is 60.7 Å². The van der Waals surface area contributed by atoms with Gasteiger partial charge in [0.05, 0.1) is 12.8 Å². The van der Waals surface area contributed by atoms with E-state index in [9.17, 15) is 4.79 Å². The zero-order chi connectivity index (χ0) is 22.3. The van der Waals surface area contributed by atoms with Crippen molar-refractivity contribution in [3.63, 3.8) is 0 Å². The molecule has 1 aromatic heterocycles. The van der Waals surface area contributed by atoms with E-state index < -0.39 is 0 Å². The van der Waals surface area contributed by atoms with Crippen LogP contribution in [0.2, 0.25) is 5.02 Å². The second-order valence-corrected chi connectivity index (χ2v) is 8.29. The fourth-order valence-electron chi connectivity index (χ4n) is 2.88. The quantitative estimate of drug-likeness (QED) is 0.306. The van der Waals surface area contributed by atoms with Crippen molar-refractivity contribution in [2.75, 3.05) is 12.4 Å². The summed E-state index contributed by atoms with van der Waals surface area (Å²) in [5, 5.41) is 3.60. The van der Waals surface area contributed by atoms with Crippen molar-refractivity contribution < 1.29 is 18.7 Å². The van der Waals surface area contributed by atoms with Crippen molar-refractivity contribution in [2.24, 2.45) is 0 Å². The highest BCUT2D eigenvalue weighted by Gasteiger charge is 2.14. The highest BCUT2D eigenvalue weighted by molar-refractivity contribution is 7.99. The third-order valence-corrected chi connectivity index (χ3v) is 5.84. The zero-order valence-corrected chi connectivity index (χ0v) is 18.8. The summed E-state index contributed by atoms with van der Waals surface area (Å²) in [7, 11) is 1.61. The number of amides is 1. The first-order chi connectivity index (χ1) is 15.6. The van der Waals surface area contributed by atoms with Crippen molar-refractivity contribution >= 4 is 35.0 Å². The number of hydrogen-bond acceptors (Lipinski definition) is 5. The second-order valence-electron chi connectivity index (χ2n) is 6.74. The number of ether oxygens (including phenoxy) is 2. The number of hydrogen-bond donors (Lipinski definition) is 1. The fourth-order valence-corrected chi connectivity index (χ4v) is 3.90. The normalized spacial score (nSPS) is 10.6. The molecule has 0 aliphatic heterocycles. The molecular formula is C25H20ClNO4S. The smallest absolute Gasteiger partial charge is 0.291 e. The van der Waals surface area contributed by atoms with Crippen molar-refractivity contribution in [2.45, 2.75) is 16.4 Å². The summed E-state index contributed by atoms with van der Waals surface area (Å²) in [5.74, 6) is 1.87. The van der Waals surface area contributed by atoms with E-state index in [-0.39, 0.29) is 18.3 Å². The van der Waals surface area contributed by atoms with Gasteiger partial charge in [-0.1, -0.05) is 35.5 Å². The van der Waals surface area contributed by atoms with Crippen molar-refractivity contribution in [1.29, 1.82) is 0 Å². The van der Waals surface area contributed by atoms with E-state index in [1.54, 1.807) is 31.0 Å². The van der Waals surface area contributed by atoms with E-state index in [4.69, 9.17) is 25.5 Å². The molecule has 3 aromatic carbocycles. The highest BCUT2D eigenvalue weighted by Crippen LogP contribution is 2.34. The zero-order valence-electron chi connectivity index (χ0n) is 17.2. The monoisotopic (exact) mass is 465 g/mol. The van der Waals surface area contributed by atoms with Gasteiger partial charge in [-0.3, -0.25) is 4.79 Å². The predicted molar refractivity (Wildman–Crippen MR) is 126 cm³/mol. The van der Waals surface area contributed by atoms with Crippen LogP contribution in [0, 0.1) is 0 Å². The fraction of sp³-hybridized carbons (Fsp3) is 0.0800. The van der Waals surface area contributed by atoms with Crippen LogP contribution in [0.3, 0.4) is 0 Å². The number of carbonyl (C=O) groups excluding carboxylic acids is 1. The lowest BCUT2D eigenvalue weighted by atomic mass is 10.3. The van der Waals surface area contributed by atoms with Crippen LogP contribution >= 0.6 is 23.4 Å². The molecule has 1 amide bonds. The summed E-state index contributed by atoms with van der Waals surface area (Å²) in [6, 6.07) is 25.8. The second kappa shape index (κ2) is 10.3.